The first-order chi connectivity index (χ1) is 13.2. The average Bonchev–Trinajstić information content (AvgIpc) is 2.66. The van der Waals surface area contributed by atoms with Gasteiger partial charge in [0, 0.05) is 12.2 Å². The van der Waals surface area contributed by atoms with E-state index >= 15 is 0 Å². The van der Waals surface area contributed by atoms with Crippen molar-refractivity contribution < 1.29 is 22.7 Å². The van der Waals surface area contributed by atoms with Crippen molar-refractivity contribution >= 4 is 21.6 Å². The van der Waals surface area contributed by atoms with E-state index in [1.54, 1.807) is 21.1 Å². The van der Waals surface area contributed by atoms with Crippen LogP contribution in [0.5, 0.6) is 11.5 Å². The van der Waals surface area contributed by atoms with Crippen LogP contribution in [-0.4, -0.2) is 46.5 Å². The van der Waals surface area contributed by atoms with Crippen LogP contribution in [0.25, 0.3) is 0 Å². The topological polar surface area (TPSA) is 111 Å². The molecule has 8 nitrogen and oxygen atoms in total. The molecule has 152 valence electrons. The normalized spacial score (nSPS) is 12.5. The smallest absolute Gasteiger partial charge is 0.241 e. The molecule has 1 amide bonds. The Hall–Kier alpha value is -2.62. The Morgan fingerprint density at radius 2 is 1.71 bits per heavy atom. The number of amides is 1. The molecule has 0 aliphatic heterocycles. The van der Waals surface area contributed by atoms with Gasteiger partial charge in [0.1, 0.15) is 0 Å². The van der Waals surface area contributed by atoms with Gasteiger partial charge in [-0.2, -0.15) is 0 Å². The fourth-order valence-electron chi connectivity index (χ4n) is 2.58. The van der Waals surface area contributed by atoms with Gasteiger partial charge in [-0.05, 0) is 55.9 Å². The number of primary sulfonamides is 1. The number of carbonyl (C=O) groups is 1. The summed E-state index contributed by atoms with van der Waals surface area (Å²) in [5, 5.41) is 7.84. The van der Waals surface area contributed by atoms with Gasteiger partial charge in [0.2, 0.25) is 15.9 Å². The van der Waals surface area contributed by atoms with Gasteiger partial charge >= 0.3 is 0 Å². The molecule has 0 spiro atoms. The van der Waals surface area contributed by atoms with E-state index in [2.05, 4.69) is 5.32 Å². The largest absolute Gasteiger partial charge is 0.493 e. The van der Waals surface area contributed by atoms with E-state index in [1.807, 2.05) is 30.1 Å². The number of nitrogens with one attached hydrogen (secondary N) is 1. The third kappa shape index (κ3) is 5.44. The van der Waals surface area contributed by atoms with Crippen LogP contribution in [0.1, 0.15) is 12.5 Å². The third-order valence-electron chi connectivity index (χ3n) is 4.37. The zero-order valence-corrected chi connectivity index (χ0v) is 17.1. The summed E-state index contributed by atoms with van der Waals surface area (Å²) in [4.78, 5) is 14.4. The van der Waals surface area contributed by atoms with Crippen LogP contribution in [0.2, 0.25) is 0 Å². The lowest BCUT2D eigenvalue weighted by atomic mass is 10.1. The summed E-state index contributed by atoms with van der Waals surface area (Å²) < 4.78 is 33.1. The summed E-state index contributed by atoms with van der Waals surface area (Å²) in [5.74, 6) is 1.05. The van der Waals surface area contributed by atoms with Gasteiger partial charge in [0.25, 0.3) is 0 Å². The molecule has 2 aromatic carbocycles. The molecule has 0 saturated heterocycles. The minimum atomic E-state index is -3.76. The monoisotopic (exact) mass is 407 g/mol. The number of methoxy groups -OCH3 is 2. The second kappa shape index (κ2) is 9.05. The lowest BCUT2D eigenvalue weighted by molar-refractivity contribution is -0.120. The van der Waals surface area contributed by atoms with Crippen LogP contribution in [-0.2, 0) is 21.4 Å². The Labute approximate surface area is 165 Å². The number of ether oxygens (including phenoxy) is 2. The highest BCUT2D eigenvalue weighted by atomic mass is 32.2. The highest BCUT2D eigenvalue weighted by molar-refractivity contribution is 7.89. The maximum Gasteiger partial charge on any atom is 0.241 e. The molecular formula is C19H25N3O5S. The van der Waals surface area contributed by atoms with Gasteiger partial charge in [0.15, 0.2) is 11.5 Å². The Morgan fingerprint density at radius 3 is 2.25 bits per heavy atom. The Balaban J connectivity index is 2.02. The van der Waals surface area contributed by atoms with Crippen LogP contribution < -0.4 is 19.9 Å². The third-order valence-corrected chi connectivity index (χ3v) is 5.30. The summed E-state index contributed by atoms with van der Waals surface area (Å²) in [6, 6.07) is 10.9. The van der Waals surface area contributed by atoms with Crippen molar-refractivity contribution in [3.8, 4) is 11.5 Å². The van der Waals surface area contributed by atoms with Gasteiger partial charge in [-0.25, -0.2) is 13.6 Å². The first kappa shape index (κ1) is 21.7. The van der Waals surface area contributed by atoms with Crippen LogP contribution in [0.15, 0.2) is 47.4 Å². The lowest BCUT2D eigenvalue weighted by Crippen LogP contribution is -2.39. The minimum absolute atomic E-state index is 0.0101. The molecule has 0 heterocycles. The van der Waals surface area contributed by atoms with E-state index in [-0.39, 0.29) is 10.8 Å². The summed E-state index contributed by atoms with van der Waals surface area (Å²) in [6.07, 6.45) is 0. The maximum absolute atomic E-state index is 12.5. The summed E-state index contributed by atoms with van der Waals surface area (Å²) in [5.41, 5.74) is 1.46. The number of rotatable bonds is 8. The number of benzene rings is 2. The van der Waals surface area contributed by atoms with E-state index in [0.717, 1.165) is 5.56 Å². The second-order valence-electron chi connectivity index (χ2n) is 6.34. The van der Waals surface area contributed by atoms with Crippen molar-refractivity contribution in [3.63, 3.8) is 0 Å². The van der Waals surface area contributed by atoms with E-state index in [0.29, 0.717) is 23.7 Å². The van der Waals surface area contributed by atoms with Gasteiger partial charge < -0.3 is 14.8 Å². The van der Waals surface area contributed by atoms with Crippen LogP contribution >= 0.6 is 0 Å². The van der Waals surface area contributed by atoms with Gasteiger partial charge in [-0.15, -0.1) is 0 Å². The molecule has 1 atom stereocenters. The molecule has 3 N–H and O–H groups in total. The lowest BCUT2D eigenvalue weighted by Gasteiger charge is -2.24. The molecule has 2 aromatic rings. The van der Waals surface area contributed by atoms with Crippen LogP contribution in [0.4, 0.5) is 5.69 Å². The molecule has 0 aromatic heterocycles. The summed E-state index contributed by atoms with van der Waals surface area (Å²) in [6.45, 7) is 2.31. The van der Waals surface area contributed by atoms with Gasteiger partial charge in [-0.3, -0.25) is 9.69 Å². The summed E-state index contributed by atoms with van der Waals surface area (Å²) >= 11 is 0. The Kier molecular flexibility index (Phi) is 7.00. The van der Waals surface area contributed by atoms with E-state index in [4.69, 9.17) is 14.6 Å². The molecule has 0 aliphatic carbocycles. The number of nitrogens with two attached hydrogens (primary N) is 1. The first-order valence-electron chi connectivity index (χ1n) is 8.50. The Bertz CT molecular complexity index is 929. The number of likely N-dealkylation sites (N-methyl/N-ethyl adjacent to an activating group) is 1. The number of carbonyl (C=O) groups excluding carboxylic acids is 1. The highest BCUT2D eigenvalue weighted by Crippen LogP contribution is 2.28. The number of hydrogen-bond acceptors (Lipinski definition) is 6. The van der Waals surface area contributed by atoms with Gasteiger partial charge in [0.05, 0.1) is 25.2 Å². The predicted molar refractivity (Wildman–Crippen MR) is 107 cm³/mol. The maximum atomic E-state index is 12.5. The molecule has 28 heavy (non-hydrogen) atoms. The first-order valence-corrected chi connectivity index (χ1v) is 10.0. The zero-order chi connectivity index (χ0) is 20.9. The number of hydrogen-bond donors (Lipinski definition) is 2. The standard InChI is InChI=1S/C19H25N3O5S/c1-13(19(23)21-15-6-8-16(9-7-15)28(20,24)25)22(2)12-14-5-10-17(26-3)18(11-14)27-4/h5-11,13H,12H2,1-4H3,(H,21,23)(H2,20,24,25)/t13-/m1/s1. The van der Waals surface area contributed by atoms with E-state index in [1.165, 1.54) is 24.3 Å². The van der Waals surface area contributed by atoms with Crippen LogP contribution in [0.3, 0.4) is 0 Å². The molecular weight excluding hydrogens is 382 g/mol. The zero-order valence-electron chi connectivity index (χ0n) is 16.3. The molecule has 0 unspecified atom stereocenters. The number of sulfonamides is 1. The minimum Gasteiger partial charge on any atom is -0.493 e. The fraction of sp³-hybridized carbons (Fsp3) is 0.316. The number of anilines is 1. The highest BCUT2D eigenvalue weighted by Gasteiger charge is 2.19. The van der Waals surface area contributed by atoms with E-state index in [9.17, 15) is 13.2 Å². The fourth-order valence-corrected chi connectivity index (χ4v) is 3.09. The molecule has 9 heteroatoms. The quantitative estimate of drug-likeness (QED) is 0.690. The number of nitrogens with zero attached hydrogens (tertiary/aromatic N) is 1. The molecule has 0 saturated carbocycles. The van der Waals surface area contributed by atoms with Crippen molar-refractivity contribution in [1.29, 1.82) is 0 Å². The van der Waals surface area contributed by atoms with Crippen molar-refractivity contribution in [1.82, 2.24) is 4.90 Å². The molecule has 0 fully saturated rings. The van der Waals surface area contributed by atoms with E-state index < -0.39 is 16.1 Å². The molecule has 0 aliphatic rings. The second-order valence-corrected chi connectivity index (χ2v) is 7.90. The average molecular weight is 407 g/mol. The Morgan fingerprint density at radius 1 is 1.11 bits per heavy atom. The van der Waals surface area contributed by atoms with Gasteiger partial charge in [-0.1, -0.05) is 6.07 Å². The predicted octanol–water partition coefficient (Wildman–Crippen LogP) is 1.81. The van der Waals surface area contributed by atoms with Crippen molar-refractivity contribution in [2.45, 2.75) is 24.4 Å². The molecule has 0 bridgehead atoms. The van der Waals surface area contributed by atoms with Crippen LogP contribution in [0, 0.1) is 0 Å². The molecule has 2 rings (SSSR count). The molecule has 0 radical (unpaired) electrons. The van der Waals surface area contributed by atoms with Crippen molar-refractivity contribution in [3.05, 3.63) is 48.0 Å². The van der Waals surface area contributed by atoms with Crippen molar-refractivity contribution in [2.75, 3.05) is 26.6 Å². The summed E-state index contributed by atoms with van der Waals surface area (Å²) in [7, 11) is 1.22. The van der Waals surface area contributed by atoms with Crippen molar-refractivity contribution in [2.24, 2.45) is 5.14 Å². The SMILES string of the molecule is COc1ccc(CN(C)[C@H](C)C(=O)Nc2ccc(S(N)(=O)=O)cc2)cc1OC.